The molecule has 0 spiro atoms. The van der Waals surface area contributed by atoms with Crippen LogP contribution in [-0.4, -0.2) is 17.2 Å². The van der Waals surface area contributed by atoms with Crippen LogP contribution < -0.4 is 0 Å². The van der Waals surface area contributed by atoms with E-state index in [9.17, 15) is 0 Å². The summed E-state index contributed by atoms with van der Waals surface area (Å²) in [5.41, 5.74) is 1.40. The first-order chi connectivity index (χ1) is 6.43. The molecule has 0 amide bonds. The number of ether oxygens (including phenoxy) is 1. The van der Waals surface area contributed by atoms with Crippen LogP contribution >= 0.6 is 0 Å². The summed E-state index contributed by atoms with van der Waals surface area (Å²) >= 11 is 0. The van der Waals surface area contributed by atoms with Crippen molar-refractivity contribution in [3.8, 4) is 0 Å². The van der Waals surface area contributed by atoms with Crippen LogP contribution in [-0.2, 0) is 4.74 Å². The van der Waals surface area contributed by atoms with Crippen molar-refractivity contribution >= 4 is 0 Å². The van der Waals surface area contributed by atoms with Gasteiger partial charge in [0.15, 0.2) is 0 Å². The van der Waals surface area contributed by atoms with Gasteiger partial charge in [-0.3, -0.25) is 4.98 Å². The van der Waals surface area contributed by atoms with Crippen LogP contribution in [0.3, 0.4) is 0 Å². The summed E-state index contributed by atoms with van der Waals surface area (Å²) in [6.07, 6.45) is 8.52. The van der Waals surface area contributed by atoms with Gasteiger partial charge in [-0.2, -0.15) is 0 Å². The second-order valence-electron chi connectivity index (χ2n) is 4.00. The average molecular weight is 175 g/mol. The van der Waals surface area contributed by atoms with Gasteiger partial charge in [0.05, 0.1) is 12.2 Å². The number of pyridine rings is 1. The van der Waals surface area contributed by atoms with Gasteiger partial charge in [-0.1, -0.05) is 0 Å². The standard InChI is InChI=1S/C11H13NO/c1-2-11-10(7-9(1)13-11)8-3-5-12-6-4-8/h3-6,9-11H,1-2,7H2/t9-,10+,11+/m0/s1. The van der Waals surface area contributed by atoms with Gasteiger partial charge in [-0.25, -0.2) is 0 Å². The van der Waals surface area contributed by atoms with E-state index in [-0.39, 0.29) is 0 Å². The lowest BCUT2D eigenvalue weighted by atomic mass is 9.84. The number of fused-ring (bicyclic) bond motifs is 2. The summed E-state index contributed by atoms with van der Waals surface area (Å²) in [5, 5.41) is 0. The van der Waals surface area contributed by atoms with E-state index in [0.717, 1.165) is 0 Å². The van der Waals surface area contributed by atoms with E-state index in [1.54, 1.807) is 0 Å². The van der Waals surface area contributed by atoms with E-state index < -0.39 is 0 Å². The van der Waals surface area contributed by atoms with Crippen LogP contribution in [0.4, 0.5) is 0 Å². The molecule has 2 fully saturated rings. The van der Waals surface area contributed by atoms with Crippen LogP contribution in [0.5, 0.6) is 0 Å². The maximum absolute atomic E-state index is 5.82. The SMILES string of the molecule is c1cc([C@H]2C[C@@H]3CC[C@H]2O3)ccn1. The van der Waals surface area contributed by atoms with Crippen molar-refractivity contribution in [2.45, 2.75) is 37.4 Å². The predicted molar refractivity (Wildman–Crippen MR) is 49.5 cm³/mol. The second-order valence-corrected chi connectivity index (χ2v) is 4.00. The largest absolute Gasteiger partial charge is 0.374 e. The van der Waals surface area contributed by atoms with Crippen molar-refractivity contribution < 1.29 is 4.74 Å². The summed E-state index contributed by atoms with van der Waals surface area (Å²) in [6.45, 7) is 0. The predicted octanol–water partition coefficient (Wildman–Crippen LogP) is 2.12. The van der Waals surface area contributed by atoms with Crippen molar-refractivity contribution in [2.75, 3.05) is 0 Å². The molecule has 2 nitrogen and oxygen atoms in total. The van der Waals surface area contributed by atoms with Crippen LogP contribution in [0.2, 0.25) is 0 Å². The summed E-state index contributed by atoms with van der Waals surface area (Å²) in [5.74, 6) is 0.641. The van der Waals surface area contributed by atoms with Crippen molar-refractivity contribution in [3.05, 3.63) is 30.1 Å². The molecule has 1 aromatic heterocycles. The highest BCUT2D eigenvalue weighted by Crippen LogP contribution is 2.44. The lowest BCUT2D eigenvalue weighted by Crippen LogP contribution is -2.14. The maximum atomic E-state index is 5.82. The molecular weight excluding hydrogens is 162 g/mol. The Morgan fingerprint density at radius 1 is 1.23 bits per heavy atom. The minimum atomic E-state index is 0.493. The zero-order valence-electron chi connectivity index (χ0n) is 7.52. The quantitative estimate of drug-likeness (QED) is 0.652. The molecule has 2 aliphatic heterocycles. The van der Waals surface area contributed by atoms with Crippen molar-refractivity contribution in [3.63, 3.8) is 0 Å². The topological polar surface area (TPSA) is 22.1 Å². The lowest BCUT2D eigenvalue weighted by molar-refractivity contribution is 0.101. The maximum Gasteiger partial charge on any atom is 0.0649 e. The fourth-order valence-corrected chi connectivity index (χ4v) is 2.60. The molecule has 2 saturated heterocycles. The molecule has 0 aliphatic carbocycles. The van der Waals surface area contributed by atoms with Crippen LogP contribution in [0.1, 0.15) is 30.7 Å². The highest BCUT2D eigenvalue weighted by molar-refractivity contribution is 5.20. The first-order valence-electron chi connectivity index (χ1n) is 4.99. The molecule has 0 saturated carbocycles. The average Bonchev–Trinajstić information content (AvgIpc) is 2.80. The minimum absolute atomic E-state index is 0.493. The Morgan fingerprint density at radius 3 is 2.69 bits per heavy atom. The molecule has 0 radical (unpaired) electrons. The molecule has 2 heteroatoms. The molecular formula is C11H13NO. The Kier molecular flexibility index (Phi) is 1.62. The van der Waals surface area contributed by atoms with Gasteiger partial charge >= 0.3 is 0 Å². The monoisotopic (exact) mass is 175 g/mol. The van der Waals surface area contributed by atoms with Gasteiger partial charge in [-0.05, 0) is 37.0 Å². The number of hydrogen-bond donors (Lipinski definition) is 0. The molecule has 0 N–H and O–H groups in total. The minimum Gasteiger partial charge on any atom is -0.374 e. The third-order valence-electron chi connectivity index (χ3n) is 3.24. The molecule has 2 bridgehead atoms. The van der Waals surface area contributed by atoms with E-state index in [1.807, 2.05) is 12.4 Å². The van der Waals surface area contributed by atoms with Crippen molar-refractivity contribution in [2.24, 2.45) is 0 Å². The smallest absolute Gasteiger partial charge is 0.0649 e. The van der Waals surface area contributed by atoms with Gasteiger partial charge in [0.1, 0.15) is 0 Å². The van der Waals surface area contributed by atoms with E-state index in [1.165, 1.54) is 24.8 Å². The van der Waals surface area contributed by atoms with E-state index in [2.05, 4.69) is 17.1 Å². The number of hydrogen-bond acceptors (Lipinski definition) is 2. The summed E-state index contributed by atoms with van der Waals surface area (Å²) < 4.78 is 5.82. The number of aromatic nitrogens is 1. The molecule has 1 aromatic rings. The van der Waals surface area contributed by atoms with Crippen LogP contribution in [0.25, 0.3) is 0 Å². The van der Waals surface area contributed by atoms with Crippen LogP contribution in [0.15, 0.2) is 24.5 Å². The normalized spacial score (nSPS) is 36.8. The molecule has 2 aliphatic rings. The fraction of sp³-hybridized carbons (Fsp3) is 0.545. The van der Waals surface area contributed by atoms with Crippen LogP contribution in [0, 0.1) is 0 Å². The van der Waals surface area contributed by atoms with Gasteiger partial charge in [-0.15, -0.1) is 0 Å². The molecule has 68 valence electrons. The molecule has 3 atom stereocenters. The summed E-state index contributed by atoms with van der Waals surface area (Å²) in [4.78, 5) is 4.04. The molecule has 3 rings (SSSR count). The Hall–Kier alpha value is -0.890. The Balaban J connectivity index is 1.87. The van der Waals surface area contributed by atoms with E-state index in [4.69, 9.17) is 4.74 Å². The summed E-state index contributed by atoms with van der Waals surface area (Å²) in [6, 6.07) is 4.24. The molecule has 13 heavy (non-hydrogen) atoms. The summed E-state index contributed by atoms with van der Waals surface area (Å²) in [7, 11) is 0. The third kappa shape index (κ3) is 1.17. The van der Waals surface area contributed by atoms with E-state index >= 15 is 0 Å². The first kappa shape index (κ1) is 7.51. The zero-order valence-corrected chi connectivity index (χ0v) is 7.52. The fourth-order valence-electron chi connectivity index (χ4n) is 2.60. The molecule has 3 heterocycles. The number of rotatable bonds is 1. The lowest BCUT2D eigenvalue weighted by Gasteiger charge is -2.18. The Labute approximate surface area is 77.9 Å². The third-order valence-corrected chi connectivity index (χ3v) is 3.24. The highest BCUT2D eigenvalue weighted by atomic mass is 16.5. The molecule has 0 aromatic carbocycles. The van der Waals surface area contributed by atoms with Gasteiger partial charge in [0.2, 0.25) is 0 Å². The first-order valence-corrected chi connectivity index (χ1v) is 4.99. The second kappa shape index (κ2) is 2.81. The van der Waals surface area contributed by atoms with Gasteiger partial charge < -0.3 is 4.74 Å². The van der Waals surface area contributed by atoms with Gasteiger partial charge in [0, 0.05) is 18.3 Å². The van der Waals surface area contributed by atoms with Crippen molar-refractivity contribution in [1.29, 1.82) is 0 Å². The Morgan fingerprint density at radius 2 is 2.08 bits per heavy atom. The highest BCUT2D eigenvalue weighted by Gasteiger charge is 2.41. The Bertz CT molecular complexity index is 298. The molecule has 0 unspecified atom stereocenters. The van der Waals surface area contributed by atoms with Crippen molar-refractivity contribution in [1.82, 2.24) is 4.98 Å². The zero-order chi connectivity index (χ0) is 8.67. The van der Waals surface area contributed by atoms with E-state index in [0.29, 0.717) is 18.1 Å². The number of nitrogens with zero attached hydrogens (tertiary/aromatic N) is 1. The van der Waals surface area contributed by atoms with Gasteiger partial charge in [0.25, 0.3) is 0 Å².